The molecule has 1 aromatic heterocycles. The lowest BCUT2D eigenvalue weighted by Gasteiger charge is -2.40. The molecule has 178 valence electrons. The second-order valence-corrected chi connectivity index (χ2v) is 9.71. The van der Waals surface area contributed by atoms with Crippen molar-refractivity contribution >= 4 is 5.91 Å². The fraction of sp³-hybridized carbons (Fsp3) is 0.739. The normalized spacial score (nSPS) is 31.1. The Morgan fingerprint density at radius 1 is 1.34 bits per heavy atom. The maximum Gasteiger partial charge on any atom is 0.417 e. The van der Waals surface area contributed by atoms with Crippen molar-refractivity contribution in [1.29, 1.82) is 0 Å². The number of rotatable bonds is 4. The number of ether oxygens (including phenoxy) is 1. The standard InChI is InChI=1S/C23H31F4N3O2/c1-14(2)22(6-3-17(10-22)29-20-5-8-32-13-18(20)24)21(31)30-7-4-19-15(12-30)9-16(11-28-19)23(25,26)27/h9,11,14,17-18,20,29H,3-8,10,12-13H2,1-2H3/t17-,18?,20?,22+/m1/s1. The van der Waals surface area contributed by atoms with Gasteiger partial charge in [0.25, 0.3) is 0 Å². The number of carbonyl (C=O) groups is 1. The molecule has 2 aliphatic heterocycles. The molecule has 2 fully saturated rings. The monoisotopic (exact) mass is 457 g/mol. The number of carbonyl (C=O) groups excluding carboxylic acids is 1. The molecule has 3 heterocycles. The molecule has 32 heavy (non-hydrogen) atoms. The molecule has 0 bridgehead atoms. The largest absolute Gasteiger partial charge is 0.417 e. The summed E-state index contributed by atoms with van der Waals surface area (Å²) in [5.41, 5.74) is -0.290. The molecule has 4 atom stereocenters. The first-order valence-electron chi connectivity index (χ1n) is 11.4. The molecule has 1 amide bonds. The van der Waals surface area contributed by atoms with Crippen LogP contribution < -0.4 is 5.32 Å². The lowest BCUT2D eigenvalue weighted by atomic mass is 9.74. The number of aromatic nitrogens is 1. The zero-order valence-electron chi connectivity index (χ0n) is 18.6. The van der Waals surface area contributed by atoms with E-state index in [4.69, 9.17) is 4.74 Å². The van der Waals surface area contributed by atoms with Crippen LogP contribution in [0.4, 0.5) is 17.6 Å². The van der Waals surface area contributed by atoms with E-state index in [1.807, 2.05) is 13.8 Å². The van der Waals surface area contributed by atoms with E-state index in [1.165, 1.54) is 0 Å². The molecule has 0 aromatic carbocycles. The van der Waals surface area contributed by atoms with Gasteiger partial charge < -0.3 is 15.0 Å². The van der Waals surface area contributed by atoms with Crippen LogP contribution >= 0.6 is 0 Å². The molecule has 0 radical (unpaired) electrons. The molecule has 1 saturated heterocycles. The van der Waals surface area contributed by atoms with Gasteiger partial charge >= 0.3 is 6.18 Å². The van der Waals surface area contributed by atoms with Gasteiger partial charge in [-0.15, -0.1) is 0 Å². The van der Waals surface area contributed by atoms with Crippen LogP contribution in [0.5, 0.6) is 0 Å². The lowest BCUT2D eigenvalue weighted by Crippen LogP contribution is -2.50. The van der Waals surface area contributed by atoms with E-state index < -0.39 is 23.3 Å². The molecule has 5 nitrogen and oxygen atoms in total. The van der Waals surface area contributed by atoms with E-state index >= 15 is 0 Å². The van der Waals surface area contributed by atoms with Crippen molar-refractivity contribution in [3.05, 3.63) is 29.1 Å². The summed E-state index contributed by atoms with van der Waals surface area (Å²) in [6.45, 7) is 5.26. The highest BCUT2D eigenvalue weighted by Crippen LogP contribution is 2.47. The average molecular weight is 458 g/mol. The summed E-state index contributed by atoms with van der Waals surface area (Å²) in [4.78, 5) is 19.4. The SMILES string of the molecule is CC(C)[C@]1(C(=O)N2CCc3ncc(C(F)(F)F)cc3C2)CC[C@@H](NC2CCOCC2F)C1. The zero-order valence-corrected chi connectivity index (χ0v) is 18.6. The molecule has 4 rings (SSSR count). The summed E-state index contributed by atoms with van der Waals surface area (Å²) in [5, 5.41) is 3.41. The average Bonchev–Trinajstić information content (AvgIpc) is 3.19. The van der Waals surface area contributed by atoms with Crippen molar-refractivity contribution in [3.8, 4) is 0 Å². The zero-order chi connectivity index (χ0) is 23.1. The van der Waals surface area contributed by atoms with Crippen LogP contribution in [-0.2, 0) is 28.7 Å². The Hall–Kier alpha value is -1.74. The molecule has 3 aliphatic rings. The van der Waals surface area contributed by atoms with Gasteiger partial charge in [-0.1, -0.05) is 13.8 Å². The van der Waals surface area contributed by atoms with Crippen molar-refractivity contribution in [2.24, 2.45) is 11.3 Å². The van der Waals surface area contributed by atoms with Gasteiger partial charge in [-0.25, -0.2) is 4.39 Å². The predicted molar refractivity (Wildman–Crippen MR) is 111 cm³/mol. The second-order valence-electron chi connectivity index (χ2n) is 9.71. The first-order chi connectivity index (χ1) is 15.1. The Bertz CT molecular complexity index is 847. The first-order valence-corrected chi connectivity index (χ1v) is 11.4. The van der Waals surface area contributed by atoms with Crippen LogP contribution in [0, 0.1) is 11.3 Å². The van der Waals surface area contributed by atoms with Gasteiger partial charge in [0.15, 0.2) is 0 Å². The number of pyridine rings is 1. The Morgan fingerprint density at radius 2 is 2.12 bits per heavy atom. The van der Waals surface area contributed by atoms with Crippen molar-refractivity contribution in [3.63, 3.8) is 0 Å². The first kappa shape index (κ1) is 23.4. The summed E-state index contributed by atoms with van der Waals surface area (Å²) in [7, 11) is 0. The fourth-order valence-corrected chi connectivity index (χ4v) is 5.45. The van der Waals surface area contributed by atoms with Crippen LogP contribution in [-0.4, -0.2) is 53.8 Å². The smallest absolute Gasteiger partial charge is 0.378 e. The van der Waals surface area contributed by atoms with Crippen LogP contribution in [0.1, 0.15) is 56.4 Å². The Morgan fingerprint density at radius 3 is 2.81 bits per heavy atom. The highest BCUT2D eigenvalue weighted by atomic mass is 19.4. The minimum Gasteiger partial charge on any atom is -0.378 e. The number of halogens is 4. The van der Waals surface area contributed by atoms with Gasteiger partial charge in [0.05, 0.1) is 17.6 Å². The molecule has 9 heteroatoms. The summed E-state index contributed by atoms with van der Waals surface area (Å²) >= 11 is 0. The molecule has 1 aromatic rings. The van der Waals surface area contributed by atoms with Crippen molar-refractivity contribution < 1.29 is 27.1 Å². The van der Waals surface area contributed by atoms with Crippen LogP contribution in [0.2, 0.25) is 0 Å². The minimum absolute atomic E-state index is 0.0105. The number of nitrogens with one attached hydrogen (secondary N) is 1. The summed E-state index contributed by atoms with van der Waals surface area (Å²) in [5.74, 6) is 0.0577. The van der Waals surface area contributed by atoms with E-state index in [0.717, 1.165) is 18.7 Å². The minimum atomic E-state index is -4.46. The molecular weight excluding hydrogens is 426 g/mol. The van der Waals surface area contributed by atoms with Gasteiger partial charge in [0.1, 0.15) is 6.17 Å². The summed E-state index contributed by atoms with van der Waals surface area (Å²) in [6.07, 6.45) is -1.52. The Labute approximate surface area is 185 Å². The Balaban J connectivity index is 1.48. The number of alkyl halides is 4. The van der Waals surface area contributed by atoms with Crippen molar-refractivity contribution in [1.82, 2.24) is 15.2 Å². The molecule has 1 N–H and O–H groups in total. The maximum atomic E-state index is 14.2. The van der Waals surface area contributed by atoms with E-state index in [2.05, 4.69) is 10.3 Å². The number of amides is 1. The topological polar surface area (TPSA) is 54.5 Å². The molecule has 1 aliphatic carbocycles. The molecule has 2 unspecified atom stereocenters. The van der Waals surface area contributed by atoms with Crippen molar-refractivity contribution in [2.75, 3.05) is 19.8 Å². The highest BCUT2D eigenvalue weighted by Gasteiger charge is 2.50. The van der Waals surface area contributed by atoms with E-state index in [-0.39, 0.29) is 37.1 Å². The number of nitrogens with zero attached hydrogens (tertiary/aromatic N) is 2. The van der Waals surface area contributed by atoms with Gasteiger partial charge in [0, 0.05) is 50.1 Å². The number of fused-ring (bicyclic) bond motifs is 1. The van der Waals surface area contributed by atoms with Crippen molar-refractivity contribution in [2.45, 2.75) is 76.9 Å². The highest BCUT2D eigenvalue weighted by molar-refractivity contribution is 5.83. The van der Waals surface area contributed by atoms with Gasteiger partial charge in [-0.2, -0.15) is 13.2 Å². The van der Waals surface area contributed by atoms with Crippen LogP contribution in [0.25, 0.3) is 0 Å². The third-order valence-electron chi connectivity index (χ3n) is 7.47. The third kappa shape index (κ3) is 4.51. The summed E-state index contributed by atoms with van der Waals surface area (Å²) in [6, 6.07) is 0.897. The van der Waals surface area contributed by atoms with Gasteiger partial charge in [-0.3, -0.25) is 9.78 Å². The Kier molecular flexibility index (Phi) is 6.51. The lowest BCUT2D eigenvalue weighted by molar-refractivity contribution is -0.146. The van der Waals surface area contributed by atoms with Gasteiger partial charge in [0.2, 0.25) is 5.91 Å². The van der Waals surface area contributed by atoms with Crippen LogP contribution in [0.3, 0.4) is 0 Å². The molecular formula is C23H31F4N3O2. The summed E-state index contributed by atoms with van der Waals surface area (Å²) < 4.78 is 58.8. The predicted octanol–water partition coefficient (Wildman–Crippen LogP) is 3.90. The fourth-order valence-electron chi connectivity index (χ4n) is 5.45. The quantitative estimate of drug-likeness (QED) is 0.697. The second kappa shape index (κ2) is 8.89. The van der Waals surface area contributed by atoms with E-state index in [1.54, 1.807) is 4.90 Å². The van der Waals surface area contributed by atoms with E-state index in [9.17, 15) is 22.4 Å². The molecule has 1 saturated carbocycles. The number of hydrogen-bond donors (Lipinski definition) is 1. The number of hydrogen-bond acceptors (Lipinski definition) is 4. The molecule has 0 spiro atoms. The van der Waals surface area contributed by atoms with Crippen LogP contribution in [0.15, 0.2) is 12.3 Å². The third-order valence-corrected chi connectivity index (χ3v) is 7.47. The van der Waals surface area contributed by atoms with E-state index in [0.29, 0.717) is 50.1 Å². The van der Waals surface area contributed by atoms with Gasteiger partial charge in [-0.05, 0) is 43.2 Å². The maximum absolute atomic E-state index is 14.2.